The zero-order valence-electron chi connectivity index (χ0n) is 19.5. The molecule has 0 saturated heterocycles. The summed E-state index contributed by atoms with van der Waals surface area (Å²) >= 11 is 6.02. The Hall–Kier alpha value is -3.25. The molecule has 4 aromatic rings. The highest BCUT2D eigenvalue weighted by Crippen LogP contribution is 2.35. The van der Waals surface area contributed by atoms with Gasteiger partial charge in [0.2, 0.25) is 10.0 Å². The van der Waals surface area contributed by atoms with Crippen LogP contribution in [0.3, 0.4) is 0 Å². The fourth-order valence-electron chi connectivity index (χ4n) is 4.46. The number of aryl methyl sites for hydroxylation is 1. The fourth-order valence-corrected chi connectivity index (χ4v) is 7.38. The van der Waals surface area contributed by atoms with Gasteiger partial charge < -0.3 is 10.1 Å². The lowest BCUT2D eigenvalue weighted by atomic mass is 9.97. The molecule has 2 heterocycles. The number of H-pyrrole nitrogens is 1. The molecule has 0 bridgehead atoms. The molecule has 0 amide bonds. The monoisotopic (exact) mass is 557 g/mol. The molecular formula is C25H22ClN4O5S2-. The molecule has 3 aromatic carbocycles. The first-order valence-corrected chi connectivity index (χ1v) is 14.7. The molecule has 1 aromatic heterocycles. The van der Waals surface area contributed by atoms with E-state index in [2.05, 4.69) is 19.1 Å². The summed E-state index contributed by atoms with van der Waals surface area (Å²) in [6.07, 6.45) is 0.0328. The van der Waals surface area contributed by atoms with Crippen molar-refractivity contribution in [2.45, 2.75) is 36.0 Å². The third kappa shape index (κ3) is 5.26. The molecule has 0 aliphatic carbocycles. The Labute approximate surface area is 219 Å². The van der Waals surface area contributed by atoms with E-state index < -0.39 is 37.2 Å². The van der Waals surface area contributed by atoms with Crippen molar-refractivity contribution in [1.29, 1.82) is 0 Å². The Morgan fingerprint density at radius 2 is 1.92 bits per heavy atom. The zero-order valence-corrected chi connectivity index (χ0v) is 21.9. The van der Waals surface area contributed by atoms with Crippen molar-refractivity contribution >= 4 is 48.6 Å². The van der Waals surface area contributed by atoms with Crippen molar-refractivity contribution in [2.24, 2.45) is 4.40 Å². The van der Waals surface area contributed by atoms with Gasteiger partial charge in [-0.15, -0.1) is 0 Å². The third-order valence-corrected chi connectivity index (χ3v) is 9.51. The van der Waals surface area contributed by atoms with Crippen LogP contribution in [0.5, 0.6) is 0 Å². The number of imidazole rings is 1. The zero-order chi connectivity index (χ0) is 26.4. The largest absolute Gasteiger partial charge is 0.861 e. The summed E-state index contributed by atoms with van der Waals surface area (Å²) in [7, 11) is -7.87. The Morgan fingerprint density at radius 1 is 1.14 bits per heavy atom. The second-order valence-electron chi connectivity index (χ2n) is 8.86. The van der Waals surface area contributed by atoms with Gasteiger partial charge in [-0.1, -0.05) is 48.0 Å². The van der Waals surface area contributed by atoms with E-state index in [4.69, 9.17) is 11.6 Å². The van der Waals surface area contributed by atoms with Crippen LogP contribution < -0.4 is 9.83 Å². The van der Waals surface area contributed by atoms with E-state index in [0.29, 0.717) is 27.5 Å². The first kappa shape index (κ1) is 25.4. The van der Waals surface area contributed by atoms with Gasteiger partial charge in [0.25, 0.3) is 10.0 Å². The van der Waals surface area contributed by atoms with E-state index in [0.717, 1.165) is 11.1 Å². The van der Waals surface area contributed by atoms with Gasteiger partial charge >= 0.3 is 0 Å². The quantitative estimate of drug-likeness (QED) is 0.356. The Balaban J connectivity index is 1.49. The lowest BCUT2D eigenvalue weighted by molar-refractivity contribution is -0.217. The van der Waals surface area contributed by atoms with Crippen LogP contribution in [0.25, 0.3) is 11.0 Å². The smallest absolute Gasteiger partial charge is 0.259 e. The molecule has 1 aliphatic heterocycles. The molecule has 12 heteroatoms. The highest BCUT2D eigenvalue weighted by molar-refractivity contribution is 7.91. The average Bonchev–Trinajstić information content (AvgIpc) is 3.38. The van der Waals surface area contributed by atoms with E-state index in [1.165, 1.54) is 12.1 Å². The van der Waals surface area contributed by atoms with Crippen LogP contribution in [0.15, 0.2) is 76.0 Å². The van der Waals surface area contributed by atoms with Gasteiger partial charge in [0, 0.05) is 5.02 Å². The number of aromatic amines is 1. The number of para-hydroxylation sites is 2. The average molecular weight is 558 g/mol. The van der Waals surface area contributed by atoms with Gasteiger partial charge in [0.1, 0.15) is 11.1 Å². The van der Waals surface area contributed by atoms with Crippen molar-refractivity contribution < 1.29 is 21.9 Å². The minimum Gasteiger partial charge on any atom is -0.861 e. The summed E-state index contributed by atoms with van der Waals surface area (Å²) in [4.78, 5) is 7.81. The Bertz CT molecular complexity index is 1720. The summed E-state index contributed by atoms with van der Waals surface area (Å²) in [6, 6.07) is 17.7. The van der Waals surface area contributed by atoms with E-state index in [1.807, 2.05) is 24.3 Å². The maximum atomic E-state index is 13.3. The second kappa shape index (κ2) is 9.56. The van der Waals surface area contributed by atoms with Crippen LogP contribution >= 0.6 is 11.6 Å². The SMILES string of the molecule is Cc1cc(C[C@H](NS(=O)(=O)c2cccc(Cl)c2)c2nc3ccccc3[nH]2)ccc1[C@@H]1CC([O-])=NS1(=O)=O. The number of aromatic nitrogens is 2. The van der Waals surface area contributed by atoms with E-state index >= 15 is 0 Å². The number of fused-ring (bicyclic) bond motifs is 1. The maximum Gasteiger partial charge on any atom is 0.259 e. The van der Waals surface area contributed by atoms with Crippen molar-refractivity contribution in [3.05, 3.63) is 94.3 Å². The molecule has 192 valence electrons. The Morgan fingerprint density at radius 3 is 2.59 bits per heavy atom. The first-order chi connectivity index (χ1) is 17.5. The number of halogens is 1. The van der Waals surface area contributed by atoms with E-state index in [-0.39, 0.29) is 17.7 Å². The molecule has 0 fully saturated rings. The van der Waals surface area contributed by atoms with Crippen molar-refractivity contribution in [2.75, 3.05) is 0 Å². The minimum absolute atomic E-state index is 0.0208. The number of sulfonamides is 2. The van der Waals surface area contributed by atoms with Crippen LogP contribution in [0.1, 0.15) is 40.2 Å². The summed E-state index contributed by atoms with van der Waals surface area (Å²) in [5, 5.41) is 10.9. The van der Waals surface area contributed by atoms with Crippen molar-refractivity contribution in [3.63, 3.8) is 0 Å². The predicted octanol–water partition coefficient (Wildman–Crippen LogP) is 3.32. The summed E-state index contributed by atoms with van der Waals surface area (Å²) < 4.78 is 57.1. The fraction of sp³-hybridized carbons (Fsp3) is 0.200. The lowest BCUT2D eigenvalue weighted by Crippen LogP contribution is -2.31. The molecule has 0 saturated carbocycles. The van der Waals surface area contributed by atoms with Gasteiger partial charge in [-0.25, -0.2) is 26.5 Å². The highest BCUT2D eigenvalue weighted by atomic mass is 35.5. The van der Waals surface area contributed by atoms with Crippen molar-refractivity contribution in [1.82, 2.24) is 14.7 Å². The molecule has 37 heavy (non-hydrogen) atoms. The third-order valence-electron chi connectivity index (χ3n) is 6.21. The summed E-state index contributed by atoms with van der Waals surface area (Å²) in [6.45, 7) is 1.75. The molecule has 2 N–H and O–H groups in total. The van der Waals surface area contributed by atoms with E-state index in [1.54, 1.807) is 37.3 Å². The molecule has 0 unspecified atom stereocenters. The lowest BCUT2D eigenvalue weighted by Gasteiger charge is -2.19. The van der Waals surface area contributed by atoms with Gasteiger partial charge in [0.05, 0.1) is 22.0 Å². The molecule has 5 rings (SSSR count). The number of hydrogen-bond acceptors (Lipinski definition) is 6. The number of nitrogens with zero attached hydrogens (tertiary/aromatic N) is 2. The molecule has 2 atom stereocenters. The summed E-state index contributed by atoms with van der Waals surface area (Å²) in [5.41, 5.74) is 3.36. The van der Waals surface area contributed by atoms with Crippen LogP contribution in [0, 0.1) is 6.92 Å². The van der Waals surface area contributed by atoms with Gasteiger partial charge in [-0.3, -0.25) is 0 Å². The van der Waals surface area contributed by atoms with Crippen LogP contribution in [0.2, 0.25) is 5.02 Å². The number of benzene rings is 3. The topological polar surface area (TPSA) is 144 Å². The molecule has 1 aliphatic rings. The molecule has 9 nitrogen and oxygen atoms in total. The molecular weight excluding hydrogens is 536 g/mol. The van der Waals surface area contributed by atoms with Crippen LogP contribution in [-0.2, 0) is 26.5 Å². The standard InChI is InChI=1S/C25H23ClN4O5S2/c1-15-11-16(9-10-19(15)23-14-24(31)30-37(23,34)35)12-22(25-27-20-7-2-3-8-21(20)28-25)29-36(32,33)18-6-4-5-17(26)13-18/h2-11,13,22-23,29H,12,14H2,1H3,(H,27,28)(H,30,31)/p-1/t22-,23-/m0/s1. The van der Waals surface area contributed by atoms with E-state index in [9.17, 15) is 21.9 Å². The van der Waals surface area contributed by atoms with Crippen LogP contribution in [0.4, 0.5) is 0 Å². The van der Waals surface area contributed by atoms with Gasteiger partial charge in [-0.05, 0) is 72.7 Å². The Kier molecular flexibility index (Phi) is 6.57. The molecule has 0 radical (unpaired) electrons. The first-order valence-electron chi connectivity index (χ1n) is 11.3. The van der Waals surface area contributed by atoms with Crippen molar-refractivity contribution in [3.8, 4) is 0 Å². The maximum absolute atomic E-state index is 13.3. The van der Waals surface area contributed by atoms with Gasteiger partial charge in [0.15, 0.2) is 0 Å². The van der Waals surface area contributed by atoms with Gasteiger partial charge in [-0.2, -0.15) is 4.40 Å². The number of nitrogens with one attached hydrogen (secondary N) is 2. The number of rotatable bonds is 7. The minimum atomic E-state index is -3.96. The highest BCUT2D eigenvalue weighted by Gasteiger charge is 2.33. The molecule has 0 spiro atoms. The second-order valence-corrected chi connectivity index (χ2v) is 12.8. The predicted molar refractivity (Wildman–Crippen MR) is 139 cm³/mol. The number of hydrogen-bond donors (Lipinski definition) is 2. The normalized spacial score (nSPS) is 18.1. The van der Waals surface area contributed by atoms with Crippen LogP contribution in [-0.4, -0.2) is 32.7 Å². The summed E-state index contributed by atoms with van der Waals surface area (Å²) in [5.74, 6) is -0.231.